The average molecular weight is 218 g/mol. The highest BCUT2D eigenvalue weighted by atomic mass is 16.5. The van der Waals surface area contributed by atoms with E-state index in [1.165, 1.54) is 22.2 Å². The molecule has 0 bridgehead atoms. The normalized spacial score (nSPS) is 11.1. The summed E-state index contributed by atoms with van der Waals surface area (Å²) < 4.78 is 4.96. The van der Waals surface area contributed by atoms with Crippen molar-refractivity contribution in [2.75, 3.05) is 20.4 Å². The molecule has 3 heteroatoms. The van der Waals surface area contributed by atoms with Crippen LogP contribution in [0.5, 0.6) is 0 Å². The summed E-state index contributed by atoms with van der Waals surface area (Å²) in [5.74, 6) is 0. The van der Waals surface area contributed by atoms with Gasteiger partial charge in [0.1, 0.15) is 0 Å². The minimum Gasteiger partial charge on any atom is -0.370 e. The summed E-state index contributed by atoms with van der Waals surface area (Å²) in [6.07, 6.45) is 1.03. The second-order valence-electron chi connectivity index (χ2n) is 3.96. The third kappa shape index (κ3) is 2.26. The zero-order valence-electron chi connectivity index (χ0n) is 9.84. The molecule has 0 saturated heterocycles. The van der Waals surface area contributed by atoms with Crippen LogP contribution in [0.2, 0.25) is 0 Å². The lowest BCUT2D eigenvalue weighted by molar-refractivity contribution is 0.176. The largest absolute Gasteiger partial charge is 0.370 e. The van der Waals surface area contributed by atoms with Crippen LogP contribution in [-0.2, 0) is 11.2 Å². The van der Waals surface area contributed by atoms with Gasteiger partial charge < -0.3 is 9.72 Å². The maximum absolute atomic E-state index is 4.96. The Hall–Kier alpha value is -1.32. The van der Waals surface area contributed by atoms with E-state index >= 15 is 0 Å². The lowest BCUT2D eigenvalue weighted by Crippen LogP contribution is -2.19. The summed E-state index contributed by atoms with van der Waals surface area (Å²) >= 11 is 0. The van der Waals surface area contributed by atoms with Gasteiger partial charge in [-0.15, -0.1) is 0 Å². The number of methoxy groups -OCH3 is 1. The summed E-state index contributed by atoms with van der Waals surface area (Å²) in [6.45, 7) is 3.68. The van der Waals surface area contributed by atoms with Crippen molar-refractivity contribution >= 4 is 10.9 Å². The molecule has 0 radical (unpaired) electrons. The molecule has 0 saturated carbocycles. The number of aryl methyl sites for hydroxylation is 1. The van der Waals surface area contributed by atoms with E-state index in [0.717, 1.165) is 13.0 Å². The predicted molar refractivity (Wildman–Crippen MR) is 66.6 cm³/mol. The first-order valence-electron chi connectivity index (χ1n) is 5.58. The number of aromatic amines is 1. The molecule has 0 aliphatic rings. The number of benzene rings is 1. The van der Waals surface area contributed by atoms with Crippen molar-refractivity contribution in [3.63, 3.8) is 0 Å². The molecular weight excluding hydrogens is 200 g/mol. The molecule has 2 aromatic rings. The van der Waals surface area contributed by atoms with Crippen molar-refractivity contribution in [1.82, 2.24) is 10.3 Å². The van der Waals surface area contributed by atoms with Gasteiger partial charge in [-0.1, -0.05) is 18.2 Å². The molecule has 0 spiro atoms. The van der Waals surface area contributed by atoms with Gasteiger partial charge in [-0.2, -0.15) is 0 Å². The third-order valence-electron chi connectivity index (χ3n) is 2.83. The number of fused-ring (bicyclic) bond motifs is 1. The van der Waals surface area contributed by atoms with Crippen LogP contribution in [0.4, 0.5) is 0 Å². The number of hydrogen-bond donors (Lipinski definition) is 2. The number of rotatable bonds is 5. The molecular formula is C13H18N2O. The monoisotopic (exact) mass is 218 g/mol. The highest BCUT2D eigenvalue weighted by molar-refractivity contribution is 5.84. The summed E-state index contributed by atoms with van der Waals surface area (Å²) in [5.41, 5.74) is 3.89. The van der Waals surface area contributed by atoms with Crippen LogP contribution in [0.3, 0.4) is 0 Å². The summed E-state index contributed by atoms with van der Waals surface area (Å²) in [4.78, 5) is 3.41. The zero-order chi connectivity index (χ0) is 11.4. The molecule has 0 fully saturated rings. The molecule has 0 aliphatic heterocycles. The van der Waals surface area contributed by atoms with Gasteiger partial charge in [-0.25, -0.2) is 0 Å². The van der Waals surface area contributed by atoms with E-state index in [0.29, 0.717) is 6.73 Å². The first-order chi connectivity index (χ1) is 7.83. The van der Waals surface area contributed by atoms with Gasteiger partial charge in [0, 0.05) is 30.3 Å². The minimum absolute atomic E-state index is 0.613. The Morgan fingerprint density at radius 3 is 2.94 bits per heavy atom. The van der Waals surface area contributed by atoms with Crippen LogP contribution in [-0.4, -0.2) is 25.4 Å². The Labute approximate surface area is 95.8 Å². The van der Waals surface area contributed by atoms with Crippen LogP contribution in [0.1, 0.15) is 11.3 Å². The van der Waals surface area contributed by atoms with Gasteiger partial charge in [0.15, 0.2) is 0 Å². The van der Waals surface area contributed by atoms with Crippen LogP contribution in [0.25, 0.3) is 10.9 Å². The second-order valence-corrected chi connectivity index (χ2v) is 3.96. The minimum atomic E-state index is 0.613. The van der Waals surface area contributed by atoms with E-state index in [1.807, 2.05) is 0 Å². The van der Waals surface area contributed by atoms with E-state index in [1.54, 1.807) is 7.11 Å². The fourth-order valence-corrected chi connectivity index (χ4v) is 2.04. The number of para-hydroxylation sites is 1. The van der Waals surface area contributed by atoms with E-state index in [4.69, 9.17) is 4.74 Å². The summed E-state index contributed by atoms with van der Waals surface area (Å²) in [5, 5.41) is 4.56. The van der Waals surface area contributed by atoms with Crippen LogP contribution in [0.15, 0.2) is 24.3 Å². The standard InChI is InChI=1S/C13H18N2O/c1-10-11(7-8-14-9-16-2)12-5-3-4-6-13(12)15-10/h3-6,14-15H,7-9H2,1-2H3. The maximum Gasteiger partial charge on any atom is 0.0961 e. The highest BCUT2D eigenvalue weighted by Gasteiger charge is 2.06. The average Bonchev–Trinajstić information content (AvgIpc) is 2.61. The molecule has 2 rings (SSSR count). The highest BCUT2D eigenvalue weighted by Crippen LogP contribution is 2.21. The Balaban J connectivity index is 2.13. The van der Waals surface area contributed by atoms with Crippen molar-refractivity contribution in [2.45, 2.75) is 13.3 Å². The molecule has 1 heterocycles. The molecule has 1 aromatic heterocycles. The first-order valence-corrected chi connectivity index (χ1v) is 5.58. The molecule has 2 N–H and O–H groups in total. The molecule has 86 valence electrons. The first kappa shape index (κ1) is 11.2. The molecule has 1 aromatic carbocycles. The van der Waals surface area contributed by atoms with E-state index in [-0.39, 0.29) is 0 Å². The molecule has 3 nitrogen and oxygen atoms in total. The van der Waals surface area contributed by atoms with Crippen LogP contribution in [0, 0.1) is 6.92 Å². The summed E-state index contributed by atoms with van der Waals surface area (Å²) in [6, 6.07) is 8.44. The van der Waals surface area contributed by atoms with Gasteiger partial charge in [-0.3, -0.25) is 5.32 Å². The van der Waals surface area contributed by atoms with Crippen molar-refractivity contribution < 1.29 is 4.74 Å². The number of H-pyrrole nitrogens is 1. The molecule has 16 heavy (non-hydrogen) atoms. The van der Waals surface area contributed by atoms with Crippen molar-refractivity contribution in [3.05, 3.63) is 35.5 Å². The van der Waals surface area contributed by atoms with E-state index < -0.39 is 0 Å². The maximum atomic E-state index is 4.96. The molecule has 0 unspecified atom stereocenters. The molecule has 0 amide bonds. The lowest BCUT2D eigenvalue weighted by Gasteiger charge is -2.03. The SMILES string of the molecule is COCNCCc1c(C)[nH]c2ccccc12. The third-order valence-corrected chi connectivity index (χ3v) is 2.83. The smallest absolute Gasteiger partial charge is 0.0961 e. The van der Waals surface area contributed by atoms with Gasteiger partial charge in [0.2, 0.25) is 0 Å². The summed E-state index contributed by atoms with van der Waals surface area (Å²) in [7, 11) is 1.70. The van der Waals surface area contributed by atoms with Crippen LogP contribution >= 0.6 is 0 Å². The number of aromatic nitrogens is 1. The fraction of sp³-hybridized carbons (Fsp3) is 0.385. The zero-order valence-corrected chi connectivity index (χ0v) is 9.84. The van der Waals surface area contributed by atoms with E-state index in [9.17, 15) is 0 Å². The van der Waals surface area contributed by atoms with Gasteiger partial charge >= 0.3 is 0 Å². The Bertz CT molecular complexity index is 462. The topological polar surface area (TPSA) is 37.0 Å². The van der Waals surface area contributed by atoms with Gasteiger partial charge in [0.25, 0.3) is 0 Å². The van der Waals surface area contributed by atoms with Crippen molar-refractivity contribution in [1.29, 1.82) is 0 Å². The van der Waals surface area contributed by atoms with Crippen molar-refractivity contribution in [2.24, 2.45) is 0 Å². The molecule has 0 atom stereocenters. The Morgan fingerprint density at radius 1 is 1.31 bits per heavy atom. The van der Waals surface area contributed by atoms with Crippen LogP contribution < -0.4 is 5.32 Å². The Morgan fingerprint density at radius 2 is 2.12 bits per heavy atom. The molecule has 0 aliphatic carbocycles. The van der Waals surface area contributed by atoms with Gasteiger partial charge in [-0.05, 0) is 25.0 Å². The number of ether oxygens (including phenoxy) is 1. The lowest BCUT2D eigenvalue weighted by atomic mass is 10.1. The number of nitrogens with one attached hydrogen (secondary N) is 2. The number of hydrogen-bond acceptors (Lipinski definition) is 2. The van der Waals surface area contributed by atoms with Crippen molar-refractivity contribution in [3.8, 4) is 0 Å². The van der Waals surface area contributed by atoms with Gasteiger partial charge in [0.05, 0.1) is 6.73 Å². The quantitative estimate of drug-likeness (QED) is 0.596. The Kier molecular flexibility index (Phi) is 3.59. The van der Waals surface area contributed by atoms with E-state index in [2.05, 4.69) is 41.5 Å². The fourth-order valence-electron chi connectivity index (χ4n) is 2.04. The predicted octanol–water partition coefficient (Wildman–Crippen LogP) is 2.21. The second kappa shape index (κ2) is 5.14.